The first kappa shape index (κ1) is 13.5. The maximum absolute atomic E-state index is 5.50. The average molecular weight is 252 g/mol. The summed E-state index contributed by atoms with van der Waals surface area (Å²) in [6.07, 6.45) is 6.43. The topological polar surface area (TPSA) is 52.0 Å². The van der Waals surface area contributed by atoms with Gasteiger partial charge in [0.25, 0.3) is 0 Å². The fourth-order valence-electron chi connectivity index (χ4n) is 2.61. The highest BCUT2D eigenvalue weighted by atomic mass is 16.5. The van der Waals surface area contributed by atoms with Gasteiger partial charge in [-0.3, -0.25) is 4.68 Å². The Morgan fingerprint density at radius 3 is 2.83 bits per heavy atom. The number of hydrogen-bond donors (Lipinski definition) is 1. The van der Waals surface area contributed by atoms with Crippen LogP contribution in [0.15, 0.2) is 6.20 Å². The first-order chi connectivity index (χ1) is 8.74. The van der Waals surface area contributed by atoms with Crippen molar-refractivity contribution in [2.45, 2.75) is 32.6 Å². The molecule has 1 aromatic rings. The molecule has 0 bridgehead atoms. The standard InChI is InChI=1S/C13H24N4O/c1-3-6-14-11-13(4-7-18-8-5-13)9-12-10-17(2)16-15-12/h10,14H,3-9,11H2,1-2H3. The van der Waals surface area contributed by atoms with E-state index in [1.54, 1.807) is 4.68 Å². The van der Waals surface area contributed by atoms with Crippen molar-refractivity contribution in [2.24, 2.45) is 12.5 Å². The van der Waals surface area contributed by atoms with Gasteiger partial charge < -0.3 is 10.1 Å². The van der Waals surface area contributed by atoms with Crippen LogP contribution in [-0.2, 0) is 18.2 Å². The molecule has 1 saturated heterocycles. The van der Waals surface area contributed by atoms with Crippen LogP contribution in [0.5, 0.6) is 0 Å². The third-order valence-electron chi connectivity index (χ3n) is 3.69. The zero-order valence-electron chi connectivity index (χ0n) is 11.5. The summed E-state index contributed by atoms with van der Waals surface area (Å²) in [5.74, 6) is 0. The van der Waals surface area contributed by atoms with Gasteiger partial charge in [-0.15, -0.1) is 5.10 Å². The maximum atomic E-state index is 5.50. The highest BCUT2D eigenvalue weighted by Gasteiger charge is 2.33. The van der Waals surface area contributed by atoms with Gasteiger partial charge in [0.2, 0.25) is 0 Å². The maximum Gasteiger partial charge on any atom is 0.0833 e. The fraction of sp³-hybridized carbons (Fsp3) is 0.846. The summed E-state index contributed by atoms with van der Waals surface area (Å²) < 4.78 is 7.28. The van der Waals surface area contributed by atoms with E-state index in [0.717, 1.165) is 51.3 Å². The molecule has 18 heavy (non-hydrogen) atoms. The predicted octanol–water partition coefficient (Wildman–Crippen LogP) is 1.15. The first-order valence-corrected chi connectivity index (χ1v) is 6.88. The molecule has 0 unspecified atom stereocenters. The Kier molecular flexibility index (Phi) is 4.72. The molecule has 2 heterocycles. The molecule has 5 nitrogen and oxygen atoms in total. The second kappa shape index (κ2) is 6.29. The van der Waals surface area contributed by atoms with Crippen molar-refractivity contribution in [3.05, 3.63) is 11.9 Å². The minimum Gasteiger partial charge on any atom is -0.381 e. The molecule has 102 valence electrons. The van der Waals surface area contributed by atoms with Gasteiger partial charge in [0.1, 0.15) is 0 Å². The normalized spacial score (nSPS) is 19.0. The Balaban J connectivity index is 1.99. The average Bonchev–Trinajstić information content (AvgIpc) is 2.76. The van der Waals surface area contributed by atoms with Gasteiger partial charge >= 0.3 is 0 Å². The molecular weight excluding hydrogens is 228 g/mol. The van der Waals surface area contributed by atoms with Crippen LogP contribution < -0.4 is 5.32 Å². The molecule has 1 aromatic heterocycles. The van der Waals surface area contributed by atoms with Crippen LogP contribution in [0, 0.1) is 5.41 Å². The van der Waals surface area contributed by atoms with E-state index in [-0.39, 0.29) is 0 Å². The van der Waals surface area contributed by atoms with E-state index < -0.39 is 0 Å². The van der Waals surface area contributed by atoms with Gasteiger partial charge in [-0.2, -0.15) is 0 Å². The predicted molar refractivity (Wildman–Crippen MR) is 70.4 cm³/mol. The van der Waals surface area contributed by atoms with Crippen molar-refractivity contribution in [3.63, 3.8) is 0 Å². The van der Waals surface area contributed by atoms with E-state index in [9.17, 15) is 0 Å². The zero-order valence-corrected chi connectivity index (χ0v) is 11.5. The van der Waals surface area contributed by atoms with E-state index in [1.807, 2.05) is 13.2 Å². The van der Waals surface area contributed by atoms with Gasteiger partial charge in [0.05, 0.1) is 5.69 Å². The highest BCUT2D eigenvalue weighted by molar-refractivity contribution is 5.00. The molecule has 1 fully saturated rings. The fourth-order valence-corrected chi connectivity index (χ4v) is 2.61. The molecule has 1 aliphatic rings. The number of nitrogens with zero attached hydrogens (tertiary/aromatic N) is 3. The molecule has 1 N–H and O–H groups in total. The van der Waals surface area contributed by atoms with Gasteiger partial charge in [0.15, 0.2) is 0 Å². The molecular formula is C13H24N4O. The first-order valence-electron chi connectivity index (χ1n) is 6.88. The van der Waals surface area contributed by atoms with E-state index in [0.29, 0.717) is 5.41 Å². The minimum absolute atomic E-state index is 0.295. The SMILES string of the molecule is CCCNCC1(Cc2cn(C)nn2)CCOCC1. The molecule has 0 atom stereocenters. The van der Waals surface area contributed by atoms with Crippen molar-refractivity contribution in [1.82, 2.24) is 20.3 Å². The van der Waals surface area contributed by atoms with E-state index in [2.05, 4.69) is 22.6 Å². The Morgan fingerprint density at radius 2 is 2.22 bits per heavy atom. The zero-order chi connectivity index (χ0) is 12.8. The number of rotatable bonds is 6. The third kappa shape index (κ3) is 3.53. The molecule has 2 rings (SSSR count). The lowest BCUT2D eigenvalue weighted by Crippen LogP contribution is -2.41. The summed E-state index contributed by atoms with van der Waals surface area (Å²) in [6.45, 7) is 6.08. The number of ether oxygens (including phenoxy) is 1. The van der Waals surface area contributed by atoms with Crippen LogP contribution in [0.1, 0.15) is 31.9 Å². The summed E-state index contributed by atoms with van der Waals surface area (Å²) in [6, 6.07) is 0. The van der Waals surface area contributed by atoms with Crippen LogP contribution in [0.4, 0.5) is 0 Å². The van der Waals surface area contributed by atoms with Gasteiger partial charge in [0, 0.05) is 39.4 Å². The minimum atomic E-state index is 0.295. The molecule has 0 saturated carbocycles. The molecule has 0 radical (unpaired) electrons. The Morgan fingerprint density at radius 1 is 1.44 bits per heavy atom. The number of aromatic nitrogens is 3. The van der Waals surface area contributed by atoms with Crippen LogP contribution >= 0.6 is 0 Å². The molecule has 0 spiro atoms. The van der Waals surface area contributed by atoms with Gasteiger partial charge in [-0.1, -0.05) is 12.1 Å². The van der Waals surface area contributed by atoms with Crippen molar-refractivity contribution >= 4 is 0 Å². The second-order valence-corrected chi connectivity index (χ2v) is 5.35. The Bertz CT molecular complexity index is 358. The second-order valence-electron chi connectivity index (χ2n) is 5.35. The summed E-state index contributed by atoms with van der Waals surface area (Å²) in [5.41, 5.74) is 1.39. The molecule has 1 aliphatic heterocycles. The van der Waals surface area contributed by atoms with Crippen LogP contribution in [0.2, 0.25) is 0 Å². The summed E-state index contributed by atoms with van der Waals surface area (Å²) in [5, 5.41) is 11.8. The molecule has 0 amide bonds. The largest absolute Gasteiger partial charge is 0.381 e. The number of aryl methyl sites for hydroxylation is 1. The lowest BCUT2D eigenvalue weighted by molar-refractivity contribution is 0.0145. The van der Waals surface area contributed by atoms with E-state index in [1.165, 1.54) is 6.42 Å². The third-order valence-corrected chi connectivity index (χ3v) is 3.69. The van der Waals surface area contributed by atoms with Crippen molar-refractivity contribution in [2.75, 3.05) is 26.3 Å². The monoisotopic (exact) mass is 252 g/mol. The number of hydrogen-bond acceptors (Lipinski definition) is 4. The van der Waals surface area contributed by atoms with Crippen molar-refractivity contribution in [3.8, 4) is 0 Å². The van der Waals surface area contributed by atoms with E-state index in [4.69, 9.17) is 4.74 Å². The Hall–Kier alpha value is -0.940. The molecule has 0 aliphatic carbocycles. The lowest BCUT2D eigenvalue weighted by Gasteiger charge is -2.37. The smallest absolute Gasteiger partial charge is 0.0833 e. The van der Waals surface area contributed by atoms with Crippen LogP contribution in [0.3, 0.4) is 0 Å². The quantitative estimate of drug-likeness (QED) is 0.772. The van der Waals surface area contributed by atoms with Crippen molar-refractivity contribution in [1.29, 1.82) is 0 Å². The molecule has 5 heteroatoms. The highest BCUT2D eigenvalue weighted by Crippen LogP contribution is 2.33. The van der Waals surface area contributed by atoms with E-state index >= 15 is 0 Å². The summed E-state index contributed by atoms with van der Waals surface area (Å²) >= 11 is 0. The Labute approximate surface area is 109 Å². The van der Waals surface area contributed by atoms with Gasteiger partial charge in [-0.05, 0) is 31.2 Å². The molecule has 0 aromatic carbocycles. The van der Waals surface area contributed by atoms with Crippen LogP contribution in [0.25, 0.3) is 0 Å². The summed E-state index contributed by atoms with van der Waals surface area (Å²) in [7, 11) is 1.92. The lowest BCUT2D eigenvalue weighted by atomic mass is 9.76. The number of nitrogens with one attached hydrogen (secondary N) is 1. The van der Waals surface area contributed by atoms with Crippen molar-refractivity contribution < 1.29 is 4.74 Å². The summed E-state index contributed by atoms with van der Waals surface area (Å²) in [4.78, 5) is 0. The van der Waals surface area contributed by atoms with Gasteiger partial charge in [-0.25, -0.2) is 0 Å². The van der Waals surface area contributed by atoms with Crippen LogP contribution in [-0.4, -0.2) is 41.3 Å².